The molecule has 3 heteroatoms. The second-order valence-corrected chi connectivity index (χ2v) is 5.04. The van der Waals surface area contributed by atoms with Crippen LogP contribution < -0.4 is 5.32 Å². The largest absolute Gasteiger partial charge is 1.00 e. The van der Waals surface area contributed by atoms with Crippen molar-refractivity contribution in [2.45, 2.75) is 39.0 Å². The first-order valence-electron chi connectivity index (χ1n) is 6.75. The zero-order valence-electron chi connectivity index (χ0n) is 11.8. The van der Waals surface area contributed by atoms with E-state index in [2.05, 4.69) is 50.8 Å². The maximum absolute atomic E-state index is 5.40. The number of rotatable bonds is 6. The van der Waals surface area contributed by atoms with Crippen LogP contribution in [0, 0.1) is 6.54 Å². The standard InChI is InChI=1S/C16H22NO.Ru/c1-4-9-16(3,12-17-5-2)14-6-7-15-13(11-14)8-10-18-15;/h6-8,10-12,17H,4-5,9H2,1-3H3;/q-1;+1. The average molecular weight is 345 g/mol. The molecule has 2 aromatic rings. The molecule has 0 saturated heterocycles. The van der Waals surface area contributed by atoms with Crippen LogP contribution in [0.5, 0.6) is 0 Å². The van der Waals surface area contributed by atoms with Gasteiger partial charge in [0.1, 0.15) is 5.58 Å². The van der Waals surface area contributed by atoms with E-state index in [1.54, 1.807) is 6.26 Å². The summed E-state index contributed by atoms with van der Waals surface area (Å²) in [6, 6.07) is 8.51. The maximum Gasteiger partial charge on any atom is 1.00 e. The summed E-state index contributed by atoms with van der Waals surface area (Å²) in [6.07, 6.45) is 4.06. The molecule has 0 fully saturated rings. The van der Waals surface area contributed by atoms with Crippen LogP contribution in [0.3, 0.4) is 0 Å². The zero-order chi connectivity index (χ0) is 13.0. The first-order chi connectivity index (χ1) is 8.69. The van der Waals surface area contributed by atoms with E-state index in [4.69, 9.17) is 4.42 Å². The molecule has 1 heterocycles. The van der Waals surface area contributed by atoms with Crippen molar-refractivity contribution in [2.75, 3.05) is 6.54 Å². The van der Waals surface area contributed by atoms with Crippen molar-refractivity contribution < 1.29 is 23.9 Å². The van der Waals surface area contributed by atoms with Gasteiger partial charge in [0, 0.05) is 5.39 Å². The molecular weight excluding hydrogens is 323 g/mol. The van der Waals surface area contributed by atoms with Crippen molar-refractivity contribution in [3.63, 3.8) is 0 Å². The molecule has 0 saturated carbocycles. The summed E-state index contributed by atoms with van der Waals surface area (Å²) in [7, 11) is 0. The second-order valence-electron chi connectivity index (χ2n) is 5.04. The Morgan fingerprint density at radius 3 is 2.74 bits per heavy atom. The van der Waals surface area contributed by atoms with Gasteiger partial charge in [0.05, 0.1) is 6.26 Å². The van der Waals surface area contributed by atoms with Gasteiger partial charge in [-0.25, -0.2) is 0 Å². The summed E-state index contributed by atoms with van der Waals surface area (Å²) in [5.41, 5.74) is 2.39. The Labute approximate surface area is 128 Å². The first kappa shape index (κ1) is 16.4. The van der Waals surface area contributed by atoms with Crippen LogP contribution >= 0.6 is 0 Å². The fourth-order valence-electron chi connectivity index (χ4n) is 2.47. The normalized spacial score (nSPS) is 14.1. The molecule has 2 nitrogen and oxygen atoms in total. The Kier molecular flexibility index (Phi) is 6.22. The molecule has 105 valence electrons. The third-order valence-electron chi connectivity index (χ3n) is 3.51. The summed E-state index contributed by atoms with van der Waals surface area (Å²) in [6.45, 7) is 9.85. The van der Waals surface area contributed by atoms with Crippen molar-refractivity contribution in [3.8, 4) is 0 Å². The van der Waals surface area contributed by atoms with Crippen molar-refractivity contribution in [3.05, 3.63) is 42.6 Å². The van der Waals surface area contributed by atoms with E-state index in [0.29, 0.717) is 0 Å². The quantitative estimate of drug-likeness (QED) is 0.625. The molecule has 1 N–H and O–H groups in total. The van der Waals surface area contributed by atoms with Gasteiger partial charge in [0.15, 0.2) is 0 Å². The van der Waals surface area contributed by atoms with E-state index < -0.39 is 0 Å². The predicted octanol–water partition coefficient (Wildman–Crippen LogP) is 4.26. The minimum absolute atomic E-state index is 0. The number of hydrogen-bond acceptors (Lipinski definition) is 2. The summed E-state index contributed by atoms with van der Waals surface area (Å²) in [4.78, 5) is 0. The van der Waals surface area contributed by atoms with Crippen LogP contribution in [0.2, 0.25) is 0 Å². The summed E-state index contributed by atoms with van der Waals surface area (Å²) >= 11 is 0. The van der Waals surface area contributed by atoms with Crippen molar-refractivity contribution in [2.24, 2.45) is 0 Å². The molecule has 19 heavy (non-hydrogen) atoms. The molecular formula is C16H22NORu. The Morgan fingerprint density at radius 1 is 1.26 bits per heavy atom. The van der Waals surface area contributed by atoms with Gasteiger partial charge in [-0.05, 0) is 24.7 Å². The molecule has 1 unspecified atom stereocenters. The van der Waals surface area contributed by atoms with E-state index in [0.717, 1.165) is 18.5 Å². The van der Waals surface area contributed by atoms with Gasteiger partial charge in [0.2, 0.25) is 0 Å². The smallest absolute Gasteiger partial charge is 0.469 e. The Bertz CT molecular complexity index is 508. The summed E-state index contributed by atoms with van der Waals surface area (Å²) < 4.78 is 5.40. The van der Waals surface area contributed by atoms with Crippen LogP contribution in [0.4, 0.5) is 0 Å². The molecule has 2 rings (SSSR count). The molecule has 0 aliphatic carbocycles. The molecule has 1 radical (unpaired) electrons. The SMILES string of the molecule is CCCC(C)([CH-]NCC)c1ccc2occc2c1.[Ru+]. The van der Waals surface area contributed by atoms with E-state index in [1.165, 1.54) is 17.4 Å². The number of likely N-dealkylation sites (N-methyl/N-ethyl adjacent to an activating group) is 1. The molecule has 0 aliphatic heterocycles. The van der Waals surface area contributed by atoms with Gasteiger partial charge < -0.3 is 9.73 Å². The minimum atomic E-state index is 0. The number of hydrogen-bond donors (Lipinski definition) is 1. The van der Waals surface area contributed by atoms with Crippen molar-refractivity contribution in [1.82, 2.24) is 5.32 Å². The number of furan rings is 1. The molecule has 1 atom stereocenters. The molecule has 1 aromatic heterocycles. The number of nitrogens with one attached hydrogen (secondary N) is 1. The van der Waals surface area contributed by atoms with Crippen LogP contribution in [0.15, 0.2) is 34.9 Å². The average Bonchev–Trinajstić information content (AvgIpc) is 2.84. The Hall–Kier alpha value is -0.657. The molecule has 0 spiro atoms. The molecule has 1 aromatic carbocycles. The van der Waals surface area contributed by atoms with Gasteiger partial charge in [0.25, 0.3) is 0 Å². The predicted molar refractivity (Wildman–Crippen MR) is 76.5 cm³/mol. The number of benzene rings is 1. The fraction of sp³-hybridized carbons (Fsp3) is 0.438. The number of fused-ring (bicyclic) bond motifs is 1. The molecule has 0 amide bonds. The topological polar surface area (TPSA) is 25.2 Å². The Balaban J connectivity index is 0.00000180. The Morgan fingerprint density at radius 2 is 2.05 bits per heavy atom. The molecule has 0 bridgehead atoms. The van der Waals surface area contributed by atoms with Gasteiger partial charge >= 0.3 is 19.5 Å². The first-order valence-corrected chi connectivity index (χ1v) is 6.75. The molecule has 0 aliphatic rings. The van der Waals surface area contributed by atoms with Gasteiger partial charge in [-0.1, -0.05) is 45.2 Å². The monoisotopic (exact) mass is 346 g/mol. The van der Waals surface area contributed by atoms with Crippen LogP contribution in [0.1, 0.15) is 39.2 Å². The third-order valence-corrected chi connectivity index (χ3v) is 3.51. The van der Waals surface area contributed by atoms with E-state index in [-0.39, 0.29) is 24.9 Å². The van der Waals surface area contributed by atoms with Gasteiger partial charge in [-0.3, -0.25) is 6.54 Å². The van der Waals surface area contributed by atoms with Gasteiger partial charge in [-0.2, -0.15) is 0 Å². The van der Waals surface area contributed by atoms with E-state index in [9.17, 15) is 0 Å². The van der Waals surface area contributed by atoms with Crippen LogP contribution in [-0.2, 0) is 24.9 Å². The van der Waals surface area contributed by atoms with Gasteiger partial charge in [-0.15, -0.1) is 5.41 Å². The van der Waals surface area contributed by atoms with E-state index >= 15 is 0 Å². The van der Waals surface area contributed by atoms with Crippen molar-refractivity contribution >= 4 is 11.0 Å². The third kappa shape index (κ3) is 3.67. The fourth-order valence-corrected chi connectivity index (χ4v) is 2.47. The summed E-state index contributed by atoms with van der Waals surface area (Å²) in [5.74, 6) is 0. The van der Waals surface area contributed by atoms with Crippen molar-refractivity contribution in [1.29, 1.82) is 0 Å². The van der Waals surface area contributed by atoms with E-state index in [1.807, 2.05) is 6.07 Å². The maximum atomic E-state index is 5.40. The second kappa shape index (κ2) is 7.21. The summed E-state index contributed by atoms with van der Waals surface area (Å²) in [5, 5.41) is 4.55. The van der Waals surface area contributed by atoms with Crippen LogP contribution in [-0.4, -0.2) is 6.54 Å². The minimum Gasteiger partial charge on any atom is -0.469 e. The van der Waals surface area contributed by atoms with Crippen LogP contribution in [0.25, 0.3) is 11.0 Å². The zero-order valence-corrected chi connectivity index (χ0v) is 13.6.